The van der Waals surface area contributed by atoms with Gasteiger partial charge in [0, 0.05) is 13.1 Å². The summed E-state index contributed by atoms with van der Waals surface area (Å²) >= 11 is 0. The minimum absolute atomic E-state index is 1.07. The molecule has 62 valence electrons. The molecule has 0 saturated heterocycles. The summed E-state index contributed by atoms with van der Waals surface area (Å²) in [6.07, 6.45) is 1.94. The van der Waals surface area contributed by atoms with Crippen LogP contribution in [0.3, 0.4) is 0 Å². The van der Waals surface area contributed by atoms with Crippen molar-refractivity contribution in [1.82, 2.24) is 4.90 Å². The highest BCUT2D eigenvalue weighted by atomic mass is 15.1. The smallest absolute Gasteiger partial charge is 0.0243 e. The molecule has 1 nitrogen and oxygen atoms in total. The minimum Gasteiger partial charge on any atom is -0.298 e. The van der Waals surface area contributed by atoms with E-state index in [9.17, 15) is 0 Å². The van der Waals surface area contributed by atoms with Gasteiger partial charge in [0.25, 0.3) is 0 Å². The Bertz CT molecular complexity index is 315. The van der Waals surface area contributed by atoms with Crippen molar-refractivity contribution >= 4 is 6.08 Å². The van der Waals surface area contributed by atoms with Crippen molar-refractivity contribution in [3.05, 3.63) is 41.5 Å². The SMILES string of the molecule is C=Cc1cccc2c1CN(C)C2. The summed E-state index contributed by atoms with van der Waals surface area (Å²) in [5, 5.41) is 0. The minimum atomic E-state index is 1.07. The molecule has 0 bridgehead atoms. The lowest BCUT2D eigenvalue weighted by atomic mass is 10.0. The standard InChI is InChI=1S/C11H13N/c1-3-9-5-4-6-10-7-12(2)8-11(9)10/h3-6H,1,7-8H2,2H3. The molecule has 0 spiro atoms. The summed E-state index contributed by atoms with van der Waals surface area (Å²) in [5.41, 5.74) is 4.20. The van der Waals surface area contributed by atoms with E-state index in [1.165, 1.54) is 16.7 Å². The van der Waals surface area contributed by atoms with Crippen LogP contribution >= 0.6 is 0 Å². The van der Waals surface area contributed by atoms with Crippen LogP contribution in [0.5, 0.6) is 0 Å². The van der Waals surface area contributed by atoms with Gasteiger partial charge in [0.2, 0.25) is 0 Å². The fraction of sp³-hybridized carbons (Fsp3) is 0.273. The molecule has 1 heterocycles. The summed E-state index contributed by atoms with van der Waals surface area (Å²) in [6, 6.07) is 6.44. The largest absolute Gasteiger partial charge is 0.298 e. The zero-order valence-corrected chi connectivity index (χ0v) is 7.38. The summed E-state index contributed by atoms with van der Waals surface area (Å²) in [5.74, 6) is 0. The number of rotatable bonds is 1. The van der Waals surface area contributed by atoms with E-state index in [0.29, 0.717) is 0 Å². The number of hydrogen-bond acceptors (Lipinski definition) is 1. The quantitative estimate of drug-likeness (QED) is 0.607. The first-order chi connectivity index (χ1) is 5.81. The Morgan fingerprint density at radius 1 is 1.42 bits per heavy atom. The highest BCUT2D eigenvalue weighted by Crippen LogP contribution is 2.24. The Morgan fingerprint density at radius 3 is 3.00 bits per heavy atom. The first kappa shape index (κ1) is 7.56. The molecule has 1 aliphatic rings. The van der Waals surface area contributed by atoms with Gasteiger partial charge in [-0.25, -0.2) is 0 Å². The molecular formula is C11H13N. The van der Waals surface area contributed by atoms with Gasteiger partial charge in [-0.15, -0.1) is 0 Å². The molecule has 0 aliphatic carbocycles. The molecule has 0 unspecified atom stereocenters. The van der Waals surface area contributed by atoms with Crippen LogP contribution in [0.1, 0.15) is 16.7 Å². The van der Waals surface area contributed by atoms with Crippen LogP contribution in [0.4, 0.5) is 0 Å². The third-order valence-corrected chi connectivity index (χ3v) is 2.40. The number of fused-ring (bicyclic) bond motifs is 1. The second kappa shape index (κ2) is 2.76. The van der Waals surface area contributed by atoms with E-state index in [-0.39, 0.29) is 0 Å². The predicted octanol–water partition coefficient (Wildman–Crippen LogP) is 2.28. The van der Waals surface area contributed by atoms with Crippen molar-refractivity contribution in [1.29, 1.82) is 0 Å². The van der Waals surface area contributed by atoms with Gasteiger partial charge in [0.1, 0.15) is 0 Å². The molecule has 0 fully saturated rings. The van der Waals surface area contributed by atoms with E-state index in [2.05, 4.69) is 36.7 Å². The molecule has 0 N–H and O–H groups in total. The molecule has 2 rings (SSSR count). The Morgan fingerprint density at radius 2 is 2.25 bits per heavy atom. The normalized spacial score (nSPS) is 16.1. The van der Waals surface area contributed by atoms with Crippen LogP contribution in [0.25, 0.3) is 6.08 Å². The van der Waals surface area contributed by atoms with Crippen molar-refractivity contribution < 1.29 is 0 Å². The molecule has 1 aromatic rings. The average Bonchev–Trinajstić information content (AvgIpc) is 2.44. The fourth-order valence-corrected chi connectivity index (χ4v) is 1.80. The van der Waals surface area contributed by atoms with Crippen LogP contribution in [0.2, 0.25) is 0 Å². The van der Waals surface area contributed by atoms with E-state index in [4.69, 9.17) is 0 Å². The first-order valence-corrected chi connectivity index (χ1v) is 4.23. The molecule has 1 aliphatic heterocycles. The lowest BCUT2D eigenvalue weighted by Gasteiger charge is -2.03. The van der Waals surface area contributed by atoms with Gasteiger partial charge in [-0.3, -0.25) is 4.90 Å². The third kappa shape index (κ3) is 1.07. The lowest BCUT2D eigenvalue weighted by Crippen LogP contribution is -2.07. The number of nitrogens with zero attached hydrogens (tertiary/aromatic N) is 1. The first-order valence-electron chi connectivity index (χ1n) is 4.23. The van der Waals surface area contributed by atoms with Gasteiger partial charge >= 0.3 is 0 Å². The van der Waals surface area contributed by atoms with E-state index >= 15 is 0 Å². The van der Waals surface area contributed by atoms with Crippen LogP contribution in [-0.2, 0) is 13.1 Å². The van der Waals surface area contributed by atoms with Crippen molar-refractivity contribution in [2.24, 2.45) is 0 Å². The summed E-state index contributed by atoms with van der Waals surface area (Å²) in [7, 11) is 2.15. The molecule has 0 atom stereocenters. The number of hydrogen-bond donors (Lipinski definition) is 0. The van der Waals surface area contributed by atoms with Crippen molar-refractivity contribution in [3.8, 4) is 0 Å². The second-order valence-corrected chi connectivity index (χ2v) is 3.36. The van der Waals surface area contributed by atoms with Crippen LogP contribution in [0.15, 0.2) is 24.8 Å². The van der Waals surface area contributed by atoms with Gasteiger partial charge in [-0.1, -0.05) is 30.9 Å². The molecule has 12 heavy (non-hydrogen) atoms. The zero-order chi connectivity index (χ0) is 8.55. The monoisotopic (exact) mass is 159 g/mol. The van der Waals surface area contributed by atoms with Crippen LogP contribution in [-0.4, -0.2) is 11.9 Å². The topological polar surface area (TPSA) is 3.24 Å². The van der Waals surface area contributed by atoms with Gasteiger partial charge in [-0.05, 0) is 23.7 Å². The fourth-order valence-electron chi connectivity index (χ4n) is 1.80. The Hall–Kier alpha value is -1.08. The molecular weight excluding hydrogens is 146 g/mol. The Kier molecular flexibility index (Phi) is 1.74. The Balaban J connectivity index is 2.51. The molecule has 1 heteroatoms. The summed E-state index contributed by atoms with van der Waals surface area (Å²) in [6.45, 7) is 5.96. The van der Waals surface area contributed by atoms with E-state index in [1.54, 1.807) is 0 Å². The van der Waals surface area contributed by atoms with Crippen molar-refractivity contribution in [2.75, 3.05) is 7.05 Å². The molecule has 0 aromatic heterocycles. The number of benzene rings is 1. The van der Waals surface area contributed by atoms with Crippen LogP contribution in [0, 0.1) is 0 Å². The zero-order valence-electron chi connectivity index (χ0n) is 7.38. The van der Waals surface area contributed by atoms with E-state index in [0.717, 1.165) is 13.1 Å². The summed E-state index contributed by atoms with van der Waals surface area (Å²) < 4.78 is 0. The lowest BCUT2D eigenvalue weighted by molar-refractivity contribution is 0.353. The molecule has 0 saturated carbocycles. The highest BCUT2D eigenvalue weighted by Gasteiger charge is 2.16. The van der Waals surface area contributed by atoms with Gasteiger partial charge in [0.05, 0.1) is 0 Å². The van der Waals surface area contributed by atoms with E-state index < -0.39 is 0 Å². The van der Waals surface area contributed by atoms with Gasteiger partial charge < -0.3 is 0 Å². The van der Waals surface area contributed by atoms with Crippen LogP contribution < -0.4 is 0 Å². The molecule has 0 amide bonds. The average molecular weight is 159 g/mol. The highest BCUT2D eigenvalue weighted by molar-refractivity contribution is 5.55. The molecule has 1 aromatic carbocycles. The maximum atomic E-state index is 3.81. The second-order valence-electron chi connectivity index (χ2n) is 3.36. The molecule has 0 radical (unpaired) electrons. The maximum Gasteiger partial charge on any atom is 0.0243 e. The maximum absolute atomic E-state index is 3.81. The van der Waals surface area contributed by atoms with Crippen molar-refractivity contribution in [2.45, 2.75) is 13.1 Å². The van der Waals surface area contributed by atoms with E-state index in [1.807, 2.05) is 6.08 Å². The Labute approximate surface area is 73.3 Å². The van der Waals surface area contributed by atoms with Crippen molar-refractivity contribution in [3.63, 3.8) is 0 Å². The van der Waals surface area contributed by atoms with Gasteiger partial charge in [-0.2, -0.15) is 0 Å². The predicted molar refractivity (Wildman–Crippen MR) is 51.7 cm³/mol. The third-order valence-electron chi connectivity index (χ3n) is 2.40. The summed E-state index contributed by atoms with van der Waals surface area (Å²) in [4.78, 5) is 2.32. The van der Waals surface area contributed by atoms with Gasteiger partial charge in [0.15, 0.2) is 0 Å².